The molecule has 0 heterocycles. The number of phosphoric ester groups is 2. The number of benzene rings is 5. The van der Waals surface area contributed by atoms with Crippen LogP contribution in [0, 0.1) is 6.92 Å². The first kappa shape index (κ1) is 28.4. The average Bonchev–Trinajstić information content (AvgIpc) is 2.94. The van der Waals surface area contributed by atoms with Gasteiger partial charge in [0.1, 0.15) is 17.2 Å². The van der Waals surface area contributed by atoms with Gasteiger partial charge in [0.2, 0.25) is 0 Å². The van der Waals surface area contributed by atoms with Crippen LogP contribution in [0.1, 0.15) is 5.56 Å². The number of aromatic hydroxyl groups is 1. The van der Waals surface area contributed by atoms with Gasteiger partial charge in [-0.25, -0.2) is 9.13 Å². The SMILES string of the molecule is Cc1ccc(OP(=O)(O)OP(=O)(O)Oc2cc(-c3ccccc3)c(-c3ccccc3)c(O)c2-c2ccccc2)cc1. The third kappa shape index (κ3) is 6.77. The Bertz CT molecular complexity index is 1740. The molecular formula is C31H26O8P2. The summed E-state index contributed by atoms with van der Waals surface area (Å²) < 4.78 is 40.9. The Balaban J connectivity index is 1.62. The van der Waals surface area contributed by atoms with Crippen LogP contribution in [-0.2, 0) is 13.4 Å². The normalized spacial score (nSPS) is 14.0. The van der Waals surface area contributed by atoms with Crippen molar-refractivity contribution in [2.45, 2.75) is 6.92 Å². The summed E-state index contributed by atoms with van der Waals surface area (Å²) >= 11 is 0. The molecule has 3 N–H and O–H groups in total. The highest BCUT2D eigenvalue weighted by atomic mass is 31.3. The molecule has 5 aromatic carbocycles. The van der Waals surface area contributed by atoms with E-state index in [2.05, 4.69) is 4.31 Å². The van der Waals surface area contributed by atoms with E-state index in [1.54, 1.807) is 42.5 Å². The van der Waals surface area contributed by atoms with Crippen LogP contribution in [0.25, 0.3) is 33.4 Å². The van der Waals surface area contributed by atoms with E-state index < -0.39 is 15.6 Å². The first-order valence-corrected chi connectivity index (χ1v) is 15.5. The van der Waals surface area contributed by atoms with E-state index in [9.17, 15) is 24.0 Å². The molecule has 0 saturated heterocycles. The van der Waals surface area contributed by atoms with Gasteiger partial charge in [-0.15, -0.1) is 0 Å². The molecule has 5 aromatic rings. The second-order valence-corrected chi connectivity index (χ2v) is 12.0. The van der Waals surface area contributed by atoms with Gasteiger partial charge in [0.25, 0.3) is 0 Å². The van der Waals surface area contributed by atoms with Gasteiger partial charge in [0.05, 0.1) is 5.56 Å². The molecule has 0 fully saturated rings. The lowest BCUT2D eigenvalue weighted by atomic mass is 9.89. The van der Waals surface area contributed by atoms with Crippen LogP contribution in [0.15, 0.2) is 121 Å². The van der Waals surface area contributed by atoms with Gasteiger partial charge in [0, 0.05) is 5.56 Å². The lowest BCUT2D eigenvalue weighted by molar-refractivity contribution is 0.234. The molecule has 0 aliphatic heterocycles. The van der Waals surface area contributed by atoms with Crippen LogP contribution in [0.4, 0.5) is 0 Å². The third-order valence-corrected chi connectivity index (χ3v) is 8.66. The number of aryl methyl sites for hydroxylation is 1. The van der Waals surface area contributed by atoms with Crippen molar-refractivity contribution in [3.05, 3.63) is 127 Å². The van der Waals surface area contributed by atoms with E-state index in [1.165, 1.54) is 18.2 Å². The molecule has 5 rings (SSSR count). The molecule has 0 bridgehead atoms. The zero-order valence-electron chi connectivity index (χ0n) is 21.8. The van der Waals surface area contributed by atoms with E-state index >= 15 is 0 Å². The van der Waals surface area contributed by atoms with Crippen LogP contribution >= 0.6 is 15.6 Å². The minimum Gasteiger partial charge on any atom is -0.506 e. The first-order valence-electron chi connectivity index (χ1n) is 12.5. The largest absolute Gasteiger partial charge is 0.537 e. The minimum absolute atomic E-state index is 0.0392. The van der Waals surface area contributed by atoms with Gasteiger partial charge in [0.15, 0.2) is 0 Å². The topological polar surface area (TPSA) is 123 Å². The van der Waals surface area contributed by atoms with Crippen molar-refractivity contribution in [2.75, 3.05) is 0 Å². The van der Waals surface area contributed by atoms with Gasteiger partial charge in [-0.2, -0.15) is 4.31 Å². The molecule has 2 unspecified atom stereocenters. The monoisotopic (exact) mass is 588 g/mol. The minimum atomic E-state index is -5.30. The third-order valence-electron chi connectivity index (χ3n) is 6.14. The Hall–Kier alpha value is -4.16. The standard InChI is InChI=1S/C31H26O8P2/c1-22-17-19-26(20-18-22)37-40(33,34)39-41(35,36)38-28-21-27(23-11-5-2-6-12-23)29(24-13-7-3-8-14-24)31(32)30(28)25-15-9-4-10-16-25/h2-21,32H,1H3,(H,33,34)(H,35,36). The molecule has 0 saturated carbocycles. The van der Waals surface area contributed by atoms with Crippen molar-refractivity contribution < 1.29 is 37.4 Å². The van der Waals surface area contributed by atoms with Crippen LogP contribution in [-0.4, -0.2) is 14.9 Å². The van der Waals surface area contributed by atoms with Gasteiger partial charge >= 0.3 is 15.6 Å². The highest BCUT2D eigenvalue weighted by Crippen LogP contribution is 2.62. The Morgan fingerprint density at radius 2 is 1.05 bits per heavy atom. The van der Waals surface area contributed by atoms with Crippen molar-refractivity contribution in [1.29, 1.82) is 0 Å². The number of phosphoric acid groups is 2. The van der Waals surface area contributed by atoms with Crippen LogP contribution in [0.2, 0.25) is 0 Å². The van der Waals surface area contributed by atoms with Crippen LogP contribution in [0.3, 0.4) is 0 Å². The lowest BCUT2D eigenvalue weighted by Crippen LogP contribution is -2.02. The highest BCUT2D eigenvalue weighted by Gasteiger charge is 2.39. The van der Waals surface area contributed by atoms with Gasteiger partial charge in [-0.05, 0) is 47.4 Å². The fourth-order valence-electron chi connectivity index (χ4n) is 4.36. The van der Waals surface area contributed by atoms with E-state index in [-0.39, 0.29) is 22.8 Å². The maximum atomic E-state index is 13.2. The summed E-state index contributed by atoms with van der Waals surface area (Å²) in [6.45, 7) is 1.82. The Labute approximate surface area is 237 Å². The highest BCUT2D eigenvalue weighted by molar-refractivity contribution is 7.61. The predicted molar refractivity (Wildman–Crippen MR) is 158 cm³/mol. The van der Waals surface area contributed by atoms with Crippen LogP contribution < -0.4 is 9.05 Å². The van der Waals surface area contributed by atoms with Crippen molar-refractivity contribution in [3.8, 4) is 50.6 Å². The van der Waals surface area contributed by atoms with E-state index in [4.69, 9.17) is 9.05 Å². The first-order chi connectivity index (χ1) is 19.6. The van der Waals surface area contributed by atoms with Crippen molar-refractivity contribution in [3.63, 3.8) is 0 Å². The summed E-state index contributed by atoms with van der Waals surface area (Å²) in [6.07, 6.45) is 0. The number of phenolic OH excluding ortho intramolecular Hbond substituents is 1. The molecular weight excluding hydrogens is 562 g/mol. The van der Waals surface area contributed by atoms with Crippen molar-refractivity contribution >= 4 is 15.6 Å². The summed E-state index contributed by atoms with van der Waals surface area (Å²) in [7, 11) is -10.4. The van der Waals surface area contributed by atoms with Crippen molar-refractivity contribution in [1.82, 2.24) is 0 Å². The van der Waals surface area contributed by atoms with Gasteiger partial charge in [-0.1, -0.05) is 109 Å². The van der Waals surface area contributed by atoms with E-state index in [0.29, 0.717) is 27.8 Å². The second-order valence-electron chi connectivity index (χ2n) is 9.13. The summed E-state index contributed by atoms with van der Waals surface area (Å²) in [4.78, 5) is 20.9. The Morgan fingerprint density at radius 1 is 0.585 bits per heavy atom. The molecule has 208 valence electrons. The molecule has 8 nitrogen and oxygen atoms in total. The van der Waals surface area contributed by atoms with Gasteiger partial charge < -0.3 is 14.2 Å². The number of hydrogen-bond acceptors (Lipinski definition) is 6. The molecule has 0 aliphatic rings. The quantitative estimate of drug-likeness (QED) is 0.147. The Morgan fingerprint density at radius 3 is 1.59 bits per heavy atom. The van der Waals surface area contributed by atoms with Crippen molar-refractivity contribution in [2.24, 2.45) is 0 Å². The molecule has 2 atom stereocenters. The zero-order valence-corrected chi connectivity index (χ0v) is 23.6. The maximum absolute atomic E-state index is 13.2. The molecule has 0 amide bonds. The molecule has 0 spiro atoms. The fourth-order valence-corrected chi connectivity index (χ4v) is 6.45. The van der Waals surface area contributed by atoms with E-state index in [0.717, 1.165) is 5.56 Å². The molecule has 10 heteroatoms. The fraction of sp³-hybridized carbons (Fsp3) is 0.0323. The predicted octanol–water partition coefficient (Wildman–Crippen LogP) is 8.38. The Kier molecular flexibility index (Phi) is 8.13. The summed E-state index contributed by atoms with van der Waals surface area (Å²) in [5, 5.41) is 11.7. The molecule has 0 aliphatic carbocycles. The number of hydrogen-bond donors (Lipinski definition) is 3. The number of rotatable bonds is 9. The van der Waals surface area contributed by atoms with Gasteiger partial charge in [-0.3, -0.25) is 9.79 Å². The lowest BCUT2D eigenvalue weighted by Gasteiger charge is -2.22. The average molecular weight is 588 g/mol. The summed E-state index contributed by atoms with van der Waals surface area (Å²) in [5.74, 6) is -0.502. The number of phenols is 1. The summed E-state index contributed by atoms with van der Waals surface area (Å²) in [5.41, 5.74) is 3.79. The molecule has 41 heavy (non-hydrogen) atoms. The maximum Gasteiger partial charge on any atom is 0.537 e. The zero-order chi connectivity index (χ0) is 29.0. The van der Waals surface area contributed by atoms with E-state index in [1.807, 2.05) is 67.6 Å². The summed E-state index contributed by atoms with van der Waals surface area (Å²) in [6, 6.07) is 34.5. The smallest absolute Gasteiger partial charge is 0.506 e. The molecule has 0 radical (unpaired) electrons. The van der Waals surface area contributed by atoms with Crippen LogP contribution in [0.5, 0.6) is 17.2 Å². The molecule has 0 aromatic heterocycles. The second kappa shape index (κ2) is 11.8.